The molecule has 0 saturated heterocycles. The van der Waals surface area contributed by atoms with Gasteiger partial charge in [-0.15, -0.1) is 0 Å². The van der Waals surface area contributed by atoms with Crippen molar-refractivity contribution in [1.29, 1.82) is 0 Å². The summed E-state index contributed by atoms with van der Waals surface area (Å²) < 4.78 is 7.43. The zero-order chi connectivity index (χ0) is 18.1. The van der Waals surface area contributed by atoms with Gasteiger partial charge >= 0.3 is 0 Å². The number of ether oxygens (including phenoxy) is 1. The predicted molar refractivity (Wildman–Crippen MR) is 101 cm³/mol. The van der Waals surface area contributed by atoms with Gasteiger partial charge in [0.1, 0.15) is 17.0 Å². The van der Waals surface area contributed by atoms with Gasteiger partial charge < -0.3 is 9.72 Å². The van der Waals surface area contributed by atoms with Crippen molar-refractivity contribution in [3.63, 3.8) is 0 Å². The molecule has 6 nitrogen and oxygen atoms in total. The predicted octanol–water partition coefficient (Wildman–Crippen LogP) is 3.40. The summed E-state index contributed by atoms with van der Waals surface area (Å²) >= 11 is 0. The molecule has 0 spiro atoms. The van der Waals surface area contributed by atoms with Crippen LogP contribution in [0.3, 0.4) is 0 Å². The summed E-state index contributed by atoms with van der Waals surface area (Å²) in [6.07, 6.45) is 5.89. The molecule has 0 aliphatic heterocycles. The van der Waals surface area contributed by atoms with E-state index in [1.807, 2.05) is 35.9 Å². The van der Waals surface area contributed by atoms with Gasteiger partial charge in [0.15, 0.2) is 5.65 Å². The van der Waals surface area contributed by atoms with Crippen LogP contribution in [-0.2, 0) is 12.8 Å². The van der Waals surface area contributed by atoms with E-state index in [1.54, 1.807) is 7.11 Å². The molecule has 0 bridgehead atoms. The average Bonchev–Trinajstić information content (AvgIpc) is 3.29. The molecule has 1 aliphatic carbocycles. The molecular formula is C20H24N4O2. The Morgan fingerprint density at radius 2 is 2.04 bits per heavy atom. The van der Waals surface area contributed by atoms with Gasteiger partial charge in [0.05, 0.1) is 18.8 Å². The summed E-state index contributed by atoms with van der Waals surface area (Å²) in [5.41, 5.74) is 2.47. The summed E-state index contributed by atoms with van der Waals surface area (Å²) in [6, 6.07) is 8.17. The molecule has 0 unspecified atom stereocenters. The highest BCUT2D eigenvalue weighted by atomic mass is 16.5. The lowest BCUT2D eigenvalue weighted by atomic mass is 10.1. The van der Waals surface area contributed by atoms with E-state index < -0.39 is 0 Å². The summed E-state index contributed by atoms with van der Waals surface area (Å²) in [7, 11) is 1.65. The largest absolute Gasteiger partial charge is 0.496 e. The molecule has 6 heteroatoms. The van der Waals surface area contributed by atoms with Gasteiger partial charge in [0.2, 0.25) is 0 Å². The van der Waals surface area contributed by atoms with Crippen molar-refractivity contribution in [2.24, 2.45) is 0 Å². The average molecular weight is 352 g/mol. The number of H-pyrrole nitrogens is 1. The molecule has 1 saturated carbocycles. The van der Waals surface area contributed by atoms with E-state index in [0.29, 0.717) is 23.7 Å². The number of methoxy groups -OCH3 is 1. The Labute approximate surface area is 152 Å². The highest BCUT2D eigenvalue weighted by molar-refractivity contribution is 5.77. The number of aryl methyl sites for hydroxylation is 1. The fourth-order valence-corrected chi connectivity index (χ4v) is 3.92. The first kappa shape index (κ1) is 16.8. The van der Waals surface area contributed by atoms with Crippen molar-refractivity contribution >= 4 is 11.0 Å². The molecule has 2 heterocycles. The minimum atomic E-state index is -0.0963. The first-order valence-corrected chi connectivity index (χ1v) is 9.33. The van der Waals surface area contributed by atoms with Gasteiger partial charge in [-0.05, 0) is 25.3 Å². The second kappa shape index (κ2) is 6.94. The number of hydrogen-bond donors (Lipinski definition) is 1. The molecule has 0 amide bonds. The first-order chi connectivity index (χ1) is 12.7. The van der Waals surface area contributed by atoms with Gasteiger partial charge in [-0.1, -0.05) is 38.0 Å². The molecule has 136 valence electrons. The second-order valence-electron chi connectivity index (χ2n) is 6.88. The normalized spacial score (nSPS) is 15.0. The molecule has 0 radical (unpaired) electrons. The van der Waals surface area contributed by atoms with E-state index in [1.165, 1.54) is 12.8 Å². The van der Waals surface area contributed by atoms with Gasteiger partial charge in [-0.2, -0.15) is 5.10 Å². The fraction of sp³-hybridized carbons (Fsp3) is 0.450. The molecule has 1 fully saturated rings. The van der Waals surface area contributed by atoms with Crippen LogP contribution in [0.1, 0.15) is 55.7 Å². The molecule has 26 heavy (non-hydrogen) atoms. The maximum atomic E-state index is 12.8. The van der Waals surface area contributed by atoms with Crippen molar-refractivity contribution in [1.82, 2.24) is 19.7 Å². The lowest BCUT2D eigenvalue weighted by Gasteiger charge is -2.11. The van der Waals surface area contributed by atoms with Crippen molar-refractivity contribution < 1.29 is 4.74 Å². The maximum absolute atomic E-state index is 12.8. The van der Waals surface area contributed by atoms with Crippen LogP contribution in [-0.4, -0.2) is 26.9 Å². The van der Waals surface area contributed by atoms with Crippen LogP contribution in [0.5, 0.6) is 5.75 Å². The lowest BCUT2D eigenvalue weighted by Crippen LogP contribution is -2.15. The number of benzene rings is 1. The van der Waals surface area contributed by atoms with Crippen LogP contribution >= 0.6 is 0 Å². The first-order valence-electron chi connectivity index (χ1n) is 9.33. The molecular weight excluding hydrogens is 328 g/mol. The third kappa shape index (κ3) is 2.89. The Bertz CT molecular complexity index is 983. The molecule has 1 N–H and O–H groups in total. The molecule has 1 aliphatic rings. The number of aromatic nitrogens is 4. The van der Waals surface area contributed by atoms with Gasteiger partial charge in [-0.3, -0.25) is 4.79 Å². The minimum absolute atomic E-state index is 0.0963. The second-order valence-corrected chi connectivity index (χ2v) is 6.88. The molecule has 2 aromatic heterocycles. The van der Waals surface area contributed by atoms with Crippen LogP contribution in [0, 0.1) is 0 Å². The number of aromatic amines is 1. The smallest absolute Gasteiger partial charge is 0.262 e. The Hall–Kier alpha value is -2.63. The summed E-state index contributed by atoms with van der Waals surface area (Å²) in [4.78, 5) is 20.5. The number of nitrogens with zero attached hydrogens (tertiary/aromatic N) is 3. The molecule has 4 rings (SSSR count). The highest BCUT2D eigenvalue weighted by Gasteiger charge is 2.24. The number of para-hydroxylation sites is 1. The van der Waals surface area contributed by atoms with Crippen LogP contribution in [0.25, 0.3) is 11.0 Å². The Morgan fingerprint density at radius 3 is 2.77 bits per heavy atom. The Balaban J connectivity index is 1.82. The minimum Gasteiger partial charge on any atom is -0.496 e. The zero-order valence-corrected chi connectivity index (χ0v) is 15.3. The Kier molecular flexibility index (Phi) is 4.49. The summed E-state index contributed by atoms with van der Waals surface area (Å²) in [6.45, 7) is 2.03. The topological polar surface area (TPSA) is 72.8 Å². The SMILES string of the molecule is CCc1nn(C2CCCC2)c2nc(Cc3ccccc3OC)[nH]c(=O)c12. The van der Waals surface area contributed by atoms with Crippen molar-refractivity contribution in [2.45, 2.75) is 51.5 Å². The molecule has 1 aromatic carbocycles. The van der Waals surface area contributed by atoms with E-state index in [9.17, 15) is 4.79 Å². The number of hydrogen-bond acceptors (Lipinski definition) is 4. The number of nitrogens with one attached hydrogen (secondary N) is 1. The van der Waals surface area contributed by atoms with E-state index in [2.05, 4.69) is 4.98 Å². The van der Waals surface area contributed by atoms with Crippen LogP contribution in [0.4, 0.5) is 0 Å². The van der Waals surface area contributed by atoms with E-state index in [4.69, 9.17) is 14.8 Å². The van der Waals surface area contributed by atoms with Gasteiger partial charge in [-0.25, -0.2) is 9.67 Å². The maximum Gasteiger partial charge on any atom is 0.262 e. The fourth-order valence-electron chi connectivity index (χ4n) is 3.92. The van der Waals surface area contributed by atoms with Crippen LogP contribution in [0.2, 0.25) is 0 Å². The monoisotopic (exact) mass is 352 g/mol. The van der Waals surface area contributed by atoms with E-state index in [0.717, 1.165) is 41.9 Å². The van der Waals surface area contributed by atoms with Crippen LogP contribution in [0.15, 0.2) is 29.1 Å². The zero-order valence-electron chi connectivity index (χ0n) is 15.3. The highest BCUT2D eigenvalue weighted by Crippen LogP contribution is 2.31. The van der Waals surface area contributed by atoms with Crippen molar-refractivity contribution in [3.8, 4) is 5.75 Å². The quantitative estimate of drug-likeness (QED) is 0.764. The Morgan fingerprint density at radius 1 is 1.27 bits per heavy atom. The van der Waals surface area contributed by atoms with Crippen LogP contribution < -0.4 is 10.3 Å². The number of rotatable bonds is 5. The lowest BCUT2D eigenvalue weighted by molar-refractivity contribution is 0.410. The molecule has 0 atom stereocenters. The van der Waals surface area contributed by atoms with Crippen molar-refractivity contribution in [3.05, 3.63) is 51.7 Å². The third-order valence-electron chi connectivity index (χ3n) is 5.24. The van der Waals surface area contributed by atoms with Gasteiger partial charge in [0, 0.05) is 12.0 Å². The van der Waals surface area contributed by atoms with Gasteiger partial charge in [0.25, 0.3) is 5.56 Å². The molecule has 3 aromatic rings. The summed E-state index contributed by atoms with van der Waals surface area (Å²) in [5.74, 6) is 1.45. The van der Waals surface area contributed by atoms with E-state index >= 15 is 0 Å². The van der Waals surface area contributed by atoms with E-state index in [-0.39, 0.29) is 5.56 Å². The third-order valence-corrected chi connectivity index (χ3v) is 5.24. The standard InChI is InChI=1S/C20H24N4O2/c1-3-15-18-19(24(23-15)14-9-5-6-10-14)21-17(22-20(18)25)12-13-8-4-7-11-16(13)26-2/h4,7-8,11,14H,3,5-6,9-10,12H2,1-2H3,(H,21,22,25). The van der Waals surface area contributed by atoms with Crippen molar-refractivity contribution in [2.75, 3.05) is 7.11 Å². The number of fused-ring (bicyclic) bond motifs is 1. The summed E-state index contributed by atoms with van der Waals surface area (Å²) in [5, 5.41) is 5.38.